The molecule has 1 aromatic carbocycles. The average Bonchev–Trinajstić information content (AvgIpc) is 3.07. The maximum atomic E-state index is 13.2. The summed E-state index contributed by atoms with van der Waals surface area (Å²) in [5.41, 5.74) is 10.8. The van der Waals surface area contributed by atoms with Crippen LogP contribution in [0.2, 0.25) is 0 Å². The molecular formula is C23H26N4O2S. The Kier molecular flexibility index (Phi) is 5.72. The Morgan fingerprint density at radius 3 is 2.70 bits per heavy atom. The molecule has 2 heterocycles. The third-order valence-corrected chi connectivity index (χ3v) is 7.21. The molecule has 0 saturated carbocycles. The van der Waals surface area contributed by atoms with E-state index in [4.69, 9.17) is 5.73 Å². The number of rotatable bonds is 6. The van der Waals surface area contributed by atoms with Crippen molar-refractivity contribution in [3.8, 4) is 11.3 Å². The van der Waals surface area contributed by atoms with Gasteiger partial charge in [-0.1, -0.05) is 32.0 Å². The molecule has 2 aromatic heterocycles. The van der Waals surface area contributed by atoms with Crippen LogP contribution in [0.5, 0.6) is 0 Å². The summed E-state index contributed by atoms with van der Waals surface area (Å²) >= 11 is 0. The minimum atomic E-state index is -0.937. The van der Waals surface area contributed by atoms with Crippen molar-refractivity contribution in [2.45, 2.75) is 31.9 Å². The molecule has 156 valence electrons. The number of nitrogen functional groups attached to an aromatic ring is 1. The minimum Gasteiger partial charge on any atom is -0.384 e. The molecule has 0 radical (unpaired) electrons. The Balaban J connectivity index is 1.76. The molecule has 0 unspecified atom stereocenters. The minimum absolute atomic E-state index is 0.0740. The van der Waals surface area contributed by atoms with Gasteiger partial charge in [0.1, 0.15) is 5.82 Å². The maximum Gasteiger partial charge on any atom is 0.167 e. The summed E-state index contributed by atoms with van der Waals surface area (Å²) in [6.07, 6.45) is 2.77. The molecule has 0 saturated heterocycles. The zero-order valence-corrected chi connectivity index (χ0v) is 18.0. The Hall–Kier alpha value is -2.93. The number of hydrogen-bond donors (Lipinski definition) is 3. The fourth-order valence-electron chi connectivity index (χ4n) is 3.89. The molecule has 7 heteroatoms. The summed E-state index contributed by atoms with van der Waals surface area (Å²) in [7, 11) is -0.937. The van der Waals surface area contributed by atoms with Crippen molar-refractivity contribution in [2.24, 2.45) is 5.92 Å². The number of hydrogen-bond acceptors (Lipinski definition) is 5. The van der Waals surface area contributed by atoms with E-state index in [9.17, 15) is 9.00 Å². The predicted molar refractivity (Wildman–Crippen MR) is 122 cm³/mol. The largest absolute Gasteiger partial charge is 0.384 e. The van der Waals surface area contributed by atoms with E-state index in [1.165, 1.54) is 0 Å². The van der Waals surface area contributed by atoms with E-state index in [0.717, 1.165) is 28.3 Å². The van der Waals surface area contributed by atoms with E-state index < -0.39 is 10.8 Å². The third-order valence-electron chi connectivity index (χ3n) is 5.36. The quantitative estimate of drug-likeness (QED) is 0.550. The molecule has 3 aromatic rings. The number of Topliss-reactive ketones (excluding diaryl/α,β-unsaturated/α-hetero) is 1. The van der Waals surface area contributed by atoms with Crippen molar-refractivity contribution in [1.29, 1.82) is 0 Å². The lowest BCUT2D eigenvalue weighted by atomic mass is 9.87. The van der Waals surface area contributed by atoms with Crippen molar-refractivity contribution >= 4 is 33.8 Å². The van der Waals surface area contributed by atoms with E-state index in [0.29, 0.717) is 30.0 Å². The van der Waals surface area contributed by atoms with Crippen LogP contribution in [-0.2, 0) is 17.2 Å². The van der Waals surface area contributed by atoms with Crippen molar-refractivity contribution in [2.75, 3.05) is 16.8 Å². The van der Waals surface area contributed by atoms with Gasteiger partial charge in [-0.05, 0) is 36.6 Å². The maximum absolute atomic E-state index is 13.2. The van der Waals surface area contributed by atoms with Crippen molar-refractivity contribution in [3.63, 3.8) is 0 Å². The first-order valence-electron chi connectivity index (χ1n) is 10.1. The van der Waals surface area contributed by atoms with Crippen molar-refractivity contribution in [3.05, 3.63) is 59.9 Å². The van der Waals surface area contributed by atoms with Gasteiger partial charge < -0.3 is 16.0 Å². The van der Waals surface area contributed by atoms with Crippen molar-refractivity contribution in [1.82, 2.24) is 9.97 Å². The Morgan fingerprint density at radius 2 is 2.00 bits per heavy atom. The van der Waals surface area contributed by atoms with E-state index in [-0.39, 0.29) is 17.0 Å². The molecule has 1 aliphatic rings. The van der Waals surface area contributed by atoms with Crippen LogP contribution >= 0.6 is 0 Å². The first-order chi connectivity index (χ1) is 14.4. The Morgan fingerprint density at radius 1 is 1.23 bits per heavy atom. The number of benzene rings is 1. The summed E-state index contributed by atoms with van der Waals surface area (Å²) in [5, 5.41) is 3.52. The van der Waals surface area contributed by atoms with E-state index in [1.54, 1.807) is 12.3 Å². The number of nitrogens with zero attached hydrogens (tertiary/aromatic N) is 1. The number of ketones is 1. The van der Waals surface area contributed by atoms with Gasteiger partial charge in [0, 0.05) is 51.4 Å². The highest BCUT2D eigenvalue weighted by atomic mass is 32.2. The monoisotopic (exact) mass is 422 g/mol. The summed E-state index contributed by atoms with van der Waals surface area (Å²) < 4.78 is 12.4. The number of para-hydroxylation sites is 1. The topological polar surface area (TPSA) is 101 Å². The number of anilines is 3. The first-order valence-corrected chi connectivity index (χ1v) is 11.5. The molecule has 4 rings (SSSR count). The van der Waals surface area contributed by atoms with Gasteiger partial charge in [-0.3, -0.25) is 9.00 Å². The highest BCUT2D eigenvalue weighted by Crippen LogP contribution is 2.40. The van der Waals surface area contributed by atoms with E-state index in [1.807, 2.05) is 50.2 Å². The zero-order chi connectivity index (χ0) is 21.3. The number of aromatic nitrogens is 2. The smallest absolute Gasteiger partial charge is 0.167 e. The highest BCUT2D eigenvalue weighted by Gasteiger charge is 2.32. The van der Waals surface area contributed by atoms with Gasteiger partial charge in [-0.2, -0.15) is 0 Å². The van der Waals surface area contributed by atoms with Gasteiger partial charge >= 0.3 is 0 Å². The highest BCUT2D eigenvalue weighted by molar-refractivity contribution is 7.85. The summed E-state index contributed by atoms with van der Waals surface area (Å²) in [5.74, 6) is 1.11. The van der Waals surface area contributed by atoms with E-state index in [2.05, 4.69) is 15.3 Å². The van der Waals surface area contributed by atoms with E-state index >= 15 is 0 Å². The average molecular weight is 423 g/mol. The van der Waals surface area contributed by atoms with Crippen LogP contribution in [0.4, 0.5) is 17.2 Å². The molecular weight excluding hydrogens is 396 g/mol. The summed E-state index contributed by atoms with van der Waals surface area (Å²) in [6.45, 7) is 3.91. The predicted octanol–water partition coefficient (Wildman–Crippen LogP) is 4.30. The van der Waals surface area contributed by atoms with Gasteiger partial charge in [-0.15, -0.1) is 0 Å². The summed E-state index contributed by atoms with van der Waals surface area (Å²) in [4.78, 5) is 20.7. The zero-order valence-electron chi connectivity index (χ0n) is 17.1. The summed E-state index contributed by atoms with van der Waals surface area (Å²) in [6, 6.07) is 13.4. The van der Waals surface area contributed by atoms with Crippen LogP contribution in [-0.4, -0.2) is 31.0 Å². The second-order valence-corrected chi connectivity index (χ2v) is 10.0. The normalized spacial score (nSPS) is 17.0. The van der Waals surface area contributed by atoms with Gasteiger partial charge in [0.15, 0.2) is 5.78 Å². The van der Waals surface area contributed by atoms with Gasteiger partial charge in [0.2, 0.25) is 0 Å². The molecule has 2 atom stereocenters. The SMILES string of the molecule is CC(C)[S@@](=O)C[C@@H]1CC(=O)c2c([nH]c(-c3ccnc(N)c3)c2Nc2ccccc2)C1. The Bertz CT molecular complexity index is 1090. The number of nitrogens with two attached hydrogens (primary N) is 1. The van der Waals surface area contributed by atoms with Crippen molar-refractivity contribution < 1.29 is 9.00 Å². The number of carbonyl (C=O) groups excluding carboxylic acids is 1. The van der Waals surface area contributed by atoms with Gasteiger partial charge in [0.05, 0.1) is 16.9 Å². The lowest BCUT2D eigenvalue weighted by molar-refractivity contribution is 0.0955. The standard InChI is InChI=1S/C23H26N4O2S/c1-14(2)30(29)13-15-10-18-21(19(28)11-15)23(26-17-6-4-3-5-7-17)22(27-18)16-8-9-25-20(24)12-16/h3-9,12,14-15,26-27H,10-11,13H2,1-2H3,(H2,24,25)/t15-,30-/m0/s1. The second kappa shape index (κ2) is 8.44. The number of H-pyrrole nitrogens is 1. The number of nitrogens with one attached hydrogen (secondary N) is 2. The van der Waals surface area contributed by atoms with Crippen LogP contribution in [0.15, 0.2) is 48.7 Å². The molecule has 4 N–H and O–H groups in total. The first kappa shape index (κ1) is 20.3. The lowest BCUT2D eigenvalue weighted by Crippen LogP contribution is -2.26. The third kappa shape index (κ3) is 4.16. The van der Waals surface area contributed by atoms with Gasteiger partial charge in [-0.25, -0.2) is 4.98 Å². The van der Waals surface area contributed by atoms with Crippen LogP contribution in [0.25, 0.3) is 11.3 Å². The molecule has 0 fully saturated rings. The van der Waals surface area contributed by atoms with Gasteiger partial charge in [0.25, 0.3) is 0 Å². The second-order valence-electron chi connectivity index (χ2n) is 7.98. The molecule has 1 aliphatic carbocycles. The Labute approximate surface area is 178 Å². The number of carbonyl (C=O) groups is 1. The fraction of sp³-hybridized carbons (Fsp3) is 0.304. The van der Waals surface area contributed by atoms with Crippen LogP contribution in [0.1, 0.15) is 36.3 Å². The molecule has 30 heavy (non-hydrogen) atoms. The van der Waals surface area contributed by atoms with Crippen LogP contribution < -0.4 is 11.1 Å². The molecule has 6 nitrogen and oxygen atoms in total. The molecule has 0 aliphatic heterocycles. The number of aromatic amines is 1. The lowest BCUT2D eigenvalue weighted by Gasteiger charge is -2.22. The molecule has 0 bridgehead atoms. The molecule has 0 amide bonds. The fourth-order valence-corrected chi connectivity index (χ4v) is 4.98. The van der Waals surface area contributed by atoms with Crippen LogP contribution in [0, 0.1) is 5.92 Å². The van der Waals surface area contributed by atoms with Crippen LogP contribution in [0.3, 0.4) is 0 Å². The number of pyridine rings is 1. The number of fused-ring (bicyclic) bond motifs is 1. The molecule has 0 spiro atoms.